The van der Waals surface area contributed by atoms with Crippen molar-refractivity contribution in [1.29, 1.82) is 0 Å². The van der Waals surface area contributed by atoms with E-state index in [2.05, 4.69) is 149 Å². The monoisotopic (exact) mass is 2160 g/mol. The van der Waals surface area contributed by atoms with E-state index in [0.717, 1.165) is 75.1 Å². The molecule has 0 fully saturated rings. The van der Waals surface area contributed by atoms with E-state index in [4.69, 9.17) is 18.9 Å². The maximum Gasteiger partial charge on any atom is 0.221 e. The molecule has 4 nitrogen and oxygen atoms in total. The van der Waals surface area contributed by atoms with Crippen LogP contribution in [0.15, 0.2) is 158 Å². The summed E-state index contributed by atoms with van der Waals surface area (Å²) < 4.78 is 617. The summed E-state index contributed by atoms with van der Waals surface area (Å²) in [4.78, 5) is 5.09. The molecule has 0 atom stereocenters. The summed E-state index contributed by atoms with van der Waals surface area (Å²) in [7, 11) is -0.524. The largest absolute Gasteiger partial charge is 0.494 e. The molecule has 2 aromatic heterocycles. The normalized spacial score (nSPS) is 11.7. The lowest BCUT2D eigenvalue weighted by atomic mass is 9.12. The van der Waals surface area contributed by atoms with E-state index in [1.165, 1.54) is 36.4 Å². The minimum atomic E-state index is -7.22. The Bertz CT molecular complexity index is 5960. The Morgan fingerprint density at radius 1 is 0.182 bits per heavy atom. The summed E-state index contributed by atoms with van der Waals surface area (Å²) in [5, 5.41) is 0. The van der Waals surface area contributed by atoms with E-state index in [1.807, 2.05) is 34.4 Å². The fraction of sp³-hybridized carbons (Fsp3) is 0.130. The number of benzene rings is 12. The Balaban J connectivity index is 0.000000192. The zero-order valence-electron chi connectivity index (χ0n) is 71.2. The molecule has 0 aliphatic rings. The summed E-state index contributed by atoms with van der Waals surface area (Å²) in [6.45, 7) is 11.4. The van der Waals surface area contributed by atoms with Crippen molar-refractivity contribution < 1.29 is 195 Å². The fourth-order valence-corrected chi connectivity index (χ4v) is 24.3. The minimum absolute atomic E-state index is 0.262. The third kappa shape index (κ3) is 19.4. The van der Waals surface area contributed by atoms with E-state index in [-0.39, 0.29) is 21.8 Å². The van der Waals surface area contributed by atoms with Crippen LogP contribution in [0.5, 0.6) is 23.0 Å². The summed E-state index contributed by atoms with van der Waals surface area (Å²) in [5.74, 6) is -139. The van der Waals surface area contributed by atoms with Crippen molar-refractivity contribution in [1.82, 2.24) is 0 Å². The predicted molar refractivity (Wildman–Crippen MR) is 444 cm³/mol. The van der Waals surface area contributed by atoms with Gasteiger partial charge in [0, 0.05) is 12.1 Å². The van der Waals surface area contributed by atoms with E-state index < -0.39 is 289 Å². The molecule has 756 valence electrons. The summed E-state index contributed by atoms with van der Waals surface area (Å²) >= 11 is 5.62. The first-order chi connectivity index (χ1) is 67.5. The van der Waals surface area contributed by atoms with Gasteiger partial charge in [-0.15, -0.1) is 43.7 Å². The lowest BCUT2D eigenvalue weighted by Crippen LogP contribution is -2.81. The van der Waals surface area contributed by atoms with Gasteiger partial charge >= 0.3 is 0 Å². The molecule has 0 radical (unpaired) electrons. The zero-order valence-corrected chi connectivity index (χ0v) is 75.2. The van der Waals surface area contributed by atoms with Crippen LogP contribution in [0.2, 0.25) is 0 Å². The molecule has 51 heteroatoms. The quantitative estimate of drug-likeness (QED) is 0.0161. The standard InChI is InChI=1S/C44H48O4S5.2C24BF20/c1-5-29-45-33-9-17-37(18-10-33)52(38-19-11-34(12-20-38)46-30-6-2)43-27-25-41(50-43)49-42-26-28-44(51-42)53(39-21-13-35(14-22-39)47-31-7-3)40-23-15-36(16-24-40)48-32-8-4;2*26-5-1(6(27)14(35)21(42)13(5)34)25(2-7(28)15(36)22(43)16(37)8(2)29,3-9(30)17(38)23(44)18(39)10(3)31)4-11(32)19(40)24(45)20(41)12(4)33/h9-28H,5-8,29-32H2,1-4H3;;/q+2;2*-1. The molecule has 0 N–H and O–H groups in total. The van der Waals surface area contributed by atoms with Gasteiger partial charge in [0.1, 0.15) is 150 Å². The van der Waals surface area contributed by atoms with Crippen LogP contribution >= 0.6 is 34.4 Å². The molecule has 2 heterocycles. The van der Waals surface area contributed by atoms with Crippen LogP contribution in [-0.2, 0) is 21.8 Å². The Labute approximate surface area is 796 Å². The Hall–Kier alpha value is -12.4. The lowest BCUT2D eigenvalue weighted by Gasteiger charge is -2.44. The highest BCUT2D eigenvalue weighted by atomic mass is 32.2. The molecule has 0 aliphatic heterocycles. The van der Waals surface area contributed by atoms with Gasteiger partial charge in [-0.1, -0.05) is 62.1 Å². The first-order valence-electron chi connectivity index (χ1n) is 40.2. The number of hydrogen-bond acceptors (Lipinski definition) is 7. The van der Waals surface area contributed by atoms with Crippen LogP contribution in [0.4, 0.5) is 176 Å². The van der Waals surface area contributed by atoms with E-state index in [9.17, 15) is 105 Å². The van der Waals surface area contributed by atoms with Crippen molar-refractivity contribution in [2.24, 2.45) is 0 Å². The van der Waals surface area contributed by atoms with Crippen LogP contribution < -0.4 is 62.6 Å². The van der Waals surface area contributed by atoms with E-state index in [0.29, 0.717) is 0 Å². The van der Waals surface area contributed by atoms with Crippen molar-refractivity contribution in [2.45, 2.75) is 89.8 Å². The van der Waals surface area contributed by atoms with Gasteiger partial charge in [0.2, 0.25) is 8.42 Å². The maximum absolute atomic E-state index is 15.4. The van der Waals surface area contributed by atoms with Crippen LogP contribution in [0.25, 0.3) is 0 Å². The van der Waals surface area contributed by atoms with Gasteiger partial charge in [-0.05, 0) is 135 Å². The number of ether oxygens (including phenoxy) is 4. The molecule has 0 saturated heterocycles. The molecule has 0 bridgehead atoms. The molecule has 14 rings (SSSR count). The maximum atomic E-state index is 15.4. The Morgan fingerprint density at radius 3 is 0.434 bits per heavy atom. The number of thiophene rings is 2. The first kappa shape index (κ1) is 109. The van der Waals surface area contributed by atoms with Crippen molar-refractivity contribution in [3.05, 3.63) is 354 Å². The third-order valence-corrected chi connectivity index (χ3v) is 29.8. The SMILES string of the molecule is CCCOc1ccc([S+](c2ccc(OCCC)cc2)c2ccc(Sc3ccc([S+](c4ccc(OCCC)cc4)c4ccc(OCCC)cc4)s3)s2)cc1.Fc1c(F)c(F)c([B-](c2c(F)c(F)c(F)c(F)c2F)(c2c(F)c(F)c(F)c(F)c2F)c2c(F)c(F)c(F)c(F)c2F)c(F)c1F.Fc1c(F)c(F)c([B-](c2c(F)c(F)c(F)c(F)c2F)(c2c(F)c(F)c(F)c(F)c2F)c2c(F)c(F)c(F)c(F)c2F)c(F)c1F. The van der Waals surface area contributed by atoms with Crippen molar-refractivity contribution in [2.75, 3.05) is 26.4 Å². The Morgan fingerprint density at radius 2 is 0.308 bits per heavy atom. The molecular weight excluding hydrogens is 2110 g/mol. The second-order valence-corrected chi connectivity index (χ2v) is 38.0. The molecular formula is C92H48B2F40O4S5. The number of hydrogen-bond donors (Lipinski definition) is 0. The second-order valence-electron chi connectivity index (χ2n) is 29.7. The highest BCUT2D eigenvalue weighted by Crippen LogP contribution is 2.47. The second kappa shape index (κ2) is 44.1. The fourth-order valence-electron chi connectivity index (χ4n) is 15.1. The average molecular weight is 2160 g/mol. The minimum Gasteiger partial charge on any atom is -0.494 e. The molecule has 12 aromatic carbocycles. The summed E-state index contributed by atoms with van der Waals surface area (Å²) in [6.07, 6.45) is -10.5. The van der Waals surface area contributed by atoms with Gasteiger partial charge in [0.15, 0.2) is 159 Å². The number of halogens is 40. The lowest BCUT2D eigenvalue weighted by molar-refractivity contribution is 0.317. The molecule has 0 unspecified atom stereocenters. The van der Waals surface area contributed by atoms with E-state index in [1.54, 1.807) is 0 Å². The molecule has 0 saturated carbocycles. The van der Waals surface area contributed by atoms with Gasteiger partial charge in [-0.25, -0.2) is 176 Å². The van der Waals surface area contributed by atoms with Crippen molar-refractivity contribution in [3.8, 4) is 23.0 Å². The molecule has 0 spiro atoms. The first-order valence-corrected chi connectivity index (χ1v) is 45.1. The van der Waals surface area contributed by atoms with Gasteiger partial charge in [-0.2, -0.15) is 0 Å². The molecule has 0 amide bonds. The van der Waals surface area contributed by atoms with Crippen LogP contribution in [-0.4, -0.2) is 38.7 Å². The Kier molecular flexibility index (Phi) is 33.7. The zero-order chi connectivity index (χ0) is 106. The van der Waals surface area contributed by atoms with E-state index >= 15 is 70.2 Å². The van der Waals surface area contributed by atoms with Crippen LogP contribution in [0.1, 0.15) is 53.4 Å². The average Bonchev–Trinajstić information content (AvgIpc) is 0.892. The highest BCUT2D eigenvalue weighted by molar-refractivity contribution is 8.04. The number of rotatable bonds is 28. The molecule has 143 heavy (non-hydrogen) atoms. The molecule has 14 aromatic rings. The topological polar surface area (TPSA) is 36.9 Å². The summed E-state index contributed by atoms with van der Waals surface area (Å²) in [6, 6.07) is 43.8. The third-order valence-electron chi connectivity index (χ3n) is 21.3. The highest BCUT2D eigenvalue weighted by Gasteiger charge is 2.56. The van der Waals surface area contributed by atoms with Crippen LogP contribution in [0.3, 0.4) is 0 Å². The van der Waals surface area contributed by atoms with Crippen LogP contribution in [0, 0.1) is 233 Å². The van der Waals surface area contributed by atoms with Crippen molar-refractivity contribution >= 4 is 112 Å². The van der Waals surface area contributed by atoms with Gasteiger partial charge in [0.05, 0.1) is 34.8 Å². The smallest absolute Gasteiger partial charge is 0.221 e. The predicted octanol–water partition coefficient (Wildman–Crippen LogP) is 25.0. The van der Waals surface area contributed by atoms with Crippen molar-refractivity contribution in [3.63, 3.8) is 0 Å². The molecule has 0 aliphatic carbocycles. The van der Waals surface area contributed by atoms with Gasteiger partial charge < -0.3 is 18.9 Å². The summed E-state index contributed by atoms with van der Waals surface area (Å²) in [5.41, 5.74) is -28.7. The van der Waals surface area contributed by atoms with Gasteiger partial charge in [0.25, 0.3) is 0 Å². The van der Waals surface area contributed by atoms with Gasteiger partial charge in [-0.3, -0.25) is 0 Å².